The van der Waals surface area contributed by atoms with E-state index in [0.29, 0.717) is 17.5 Å². The van der Waals surface area contributed by atoms with Gasteiger partial charge < -0.3 is 4.90 Å². The summed E-state index contributed by atoms with van der Waals surface area (Å²) in [5.74, 6) is 0.176. The highest BCUT2D eigenvalue weighted by molar-refractivity contribution is 9.09. The molecule has 19 heavy (non-hydrogen) atoms. The summed E-state index contributed by atoms with van der Waals surface area (Å²) < 4.78 is 0. The zero-order chi connectivity index (χ0) is 14.3. The monoisotopic (exact) mass is 345 g/mol. The van der Waals surface area contributed by atoms with Crippen LogP contribution in [-0.2, 0) is 11.2 Å². The van der Waals surface area contributed by atoms with Crippen LogP contribution in [0.3, 0.4) is 0 Å². The summed E-state index contributed by atoms with van der Waals surface area (Å²) in [6.45, 7) is 5.01. The van der Waals surface area contributed by atoms with E-state index in [0.717, 1.165) is 30.3 Å². The van der Waals surface area contributed by atoms with Gasteiger partial charge in [-0.15, -0.1) is 0 Å². The number of nitrogens with zero attached hydrogens (tertiary/aromatic N) is 1. The third-order valence-electron chi connectivity index (χ3n) is 3.27. The quantitative estimate of drug-likeness (QED) is 0.674. The molecule has 2 nitrogen and oxygen atoms in total. The molecule has 0 saturated heterocycles. The van der Waals surface area contributed by atoms with E-state index >= 15 is 0 Å². The largest absolute Gasteiger partial charge is 0.339 e. The number of hydrogen-bond donors (Lipinski definition) is 0. The Hall–Kier alpha value is -0.540. The Morgan fingerprint density at radius 2 is 2.05 bits per heavy atom. The smallest absolute Gasteiger partial charge is 0.227 e. The van der Waals surface area contributed by atoms with Gasteiger partial charge in [0.15, 0.2) is 0 Å². The number of amides is 1. The lowest BCUT2D eigenvalue weighted by molar-refractivity contribution is -0.132. The minimum absolute atomic E-state index is 0.176. The summed E-state index contributed by atoms with van der Waals surface area (Å²) >= 11 is 9.38. The Morgan fingerprint density at radius 3 is 2.58 bits per heavy atom. The first-order chi connectivity index (χ1) is 9.12. The predicted octanol–water partition coefficient (Wildman–Crippen LogP) is 4.29. The van der Waals surface area contributed by atoms with Crippen molar-refractivity contribution >= 4 is 33.4 Å². The summed E-state index contributed by atoms with van der Waals surface area (Å²) in [5, 5.41) is 1.49. The zero-order valence-electron chi connectivity index (χ0n) is 11.5. The Bertz CT molecular complexity index is 407. The van der Waals surface area contributed by atoms with Gasteiger partial charge >= 0.3 is 0 Å². The molecule has 0 radical (unpaired) electrons. The lowest BCUT2D eigenvalue weighted by Gasteiger charge is -2.30. The van der Waals surface area contributed by atoms with Gasteiger partial charge in [0.1, 0.15) is 0 Å². The van der Waals surface area contributed by atoms with Gasteiger partial charge in [0.25, 0.3) is 0 Å². The van der Waals surface area contributed by atoms with E-state index in [9.17, 15) is 4.79 Å². The Balaban J connectivity index is 2.76. The van der Waals surface area contributed by atoms with Crippen LogP contribution in [0, 0.1) is 0 Å². The van der Waals surface area contributed by atoms with E-state index in [1.807, 2.05) is 29.2 Å². The maximum absolute atomic E-state index is 12.4. The number of hydrogen-bond acceptors (Lipinski definition) is 1. The molecule has 0 bridgehead atoms. The minimum Gasteiger partial charge on any atom is -0.339 e. The fraction of sp³-hybridized carbons (Fsp3) is 0.533. The molecule has 0 aliphatic rings. The maximum Gasteiger partial charge on any atom is 0.227 e. The molecule has 0 aliphatic heterocycles. The van der Waals surface area contributed by atoms with Crippen molar-refractivity contribution in [2.45, 2.75) is 39.2 Å². The molecule has 0 unspecified atom stereocenters. The van der Waals surface area contributed by atoms with Crippen molar-refractivity contribution < 1.29 is 4.79 Å². The first kappa shape index (κ1) is 16.5. The molecule has 4 heteroatoms. The molecule has 1 rings (SSSR count). The molecule has 0 N–H and O–H groups in total. The summed E-state index contributed by atoms with van der Waals surface area (Å²) in [7, 11) is 0. The van der Waals surface area contributed by atoms with Crippen LogP contribution in [0.4, 0.5) is 0 Å². The Kier molecular flexibility index (Phi) is 7.47. The zero-order valence-corrected chi connectivity index (χ0v) is 13.9. The van der Waals surface area contributed by atoms with E-state index < -0.39 is 0 Å². The molecule has 1 aromatic carbocycles. The van der Waals surface area contributed by atoms with Crippen LogP contribution in [0.5, 0.6) is 0 Å². The van der Waals surface area contributed by atoms with Crippen LogP contribution >= 0.6 is 27.5 Å². The van der Waals surface area contributed by atoms with E-state index in [1.54, 1.807) is 0 Å². The number of benzene rings is 1. The fourth-order valence-corrected chi connectivity index (χ4v) is 2.85. The standard InChI is InChI=1S/C15H21BrClNO/c1-3-14(4-2)18(9-8-16)15(19)11-12-6-5-7-13(17)10-12/h5-7,10,14H,3-4,8-9,11H2,1-2H3. The second-order valence-corrected chi connectivity index (χ2v) is 5.78. The SMILES string of the molecule is CCC(CC)N(CCBr)C(=O)Cc1cccc(Cl)c1. The summed E-state index contributed by atoms with van der Waals surface area (Å²) in [6, 6.07) is 7.84. The molecular formula is C15H21BrClNO. The lowest BCUT2D eigenvalue weighted by atomic mass is 10.1. The highest BCUT2D eigenvalue weighted by atomic mass is 79.9. The van der Waals surface area contributed by atoms with Gasteiger partial charge in [-0.3, -0.25) is 4.79 Å². The fourth-order valence-electron chi connectivity index (χ4n) is 2.25. The van der Waals surface area contributed by atoms with E-state index in [4.69, 9.17) is 11.6 Å². The molecule has 0 aliphatic carbocycles. The van der Waals surface area contributed by atoms with Gasteiger partial charge in [-0.05, 0) is 30.5 Å². The molecule has 1 amide bonds. The minimum atomic E-state index is 0.176. The normalized spacial score (nSPS) is 10.8. The molecule has 0 fully saturated rings. The summed E-state index contributed by atoms with van der Waals surface area (Å²) in [6.07, 6.45) is 2.40. The number of rotatable bonds is 7. The van der Waals surface area contributed by atoms with Crippen LogP contribution in [0.15, 0.2) is 24.3 Å². The van der Waals surface area contributed by atoms with Gasteiger partial charge in [-0.25, -0.2) is 0 Å². The topological polar surface area (TPSA) is 20.3 Å². The van der Waals surface area contributed by atoms with Crippen molar-refractivity contribution in [3.05, 3.63) is 34.9 Å². The lowest BCUT2D eigenvalue weighted by Crippen LogP contribution is -2.41. The number of halogens is 2. The third kappa shape index (κ3) is 5.15. The van der Waals surface area contributed by atoms with Crippen molar-refractivity contribution in [3.8, 4) is 0 Å². The summed E-state index contributed by atoms with van der Waals surface area (Å²) in [5.41, 5.74) is 0.975. The number of carbonyl (C=O) groups excluding carboxylic acids is 1. The highest BCUT2D eigenvalue weighted by Gasteiger charge is 2.20. The molecule has 0 aromatic heterocycles. The average Bonchev–Trinajstić information content (AvgIpc) is 2.39. The van der Waals surface area contributed by atoms with Crippen molar-refractivity contribution in [1.29, 1.82) is 0 Å². The molecule has 106 valence electrons. The van der Waals surface area contributed by atoms with Gasteiger partial charge in [0.2, 0.25) is 5.91 Å². The second-order valence-electron chi connectivity index (χ2n) is 4.55. The first-order valence-corrected chi connectivity index (χ1v) is 8.22. The Labute approximate surface area is 129 Å². The highest BCUT2D eigenvalue weighted by Crippen LogP contribution is 2.15. The average molecular weight is 347 g/mol. The van der Waals surface area contributed by atoms with Crippen molar-refractivity contribution in [2.75, 3.05) is 11.9 Å². The molecule has 0 heterocycles. The van der Waals surface area contributed by atoms with Gasteiger partial charge in [0.05, 0.1) is 6.42 Å². The van der Waals surface area contributed by atoms with E-state index in [1.165, 1.54) is 0 Å². The van der Waals surface area contributed by atoms with Crippen LogP contribution in [-0.4, -0.2) is 28.7 Å². The molecule has 1 aromatic rings. The molecule has 0 saturated carbocycles. The number of carbonyl (C=O) groups is 1. The van der Waals surface area contributed by atoms with Crippen molar-refractivity contribution in [1.82, 2.24) is 4.90 Å². The van der Waals surface area contributed by atoms with Crippen molar-refractivity contribution in [2.24, 2.45) is 0 Å². The third-order valence-corrected chi connectivity index (χ3v) is 3.86. The van der Waals surface area contributed by atoms with Gasteiger partial charge in [0, 0.05) is 22.9 Å². The first-order valence-electron chi connectivity index (χ1n) is 6.72. The van der Waals surface area contributed by atoms with Gasteiger partial charge in [-0.1, -0.05) is 53.5 Å². The summed E-state index contributed by atoms with van der Waals surface area (Å²) in [4.78, 5) is 14.4. The predicted molar refractivity (Wildman–Crippen MR) is 85.0 cm³/mol. The van der Waals surface area contributed by atoms with Crippen LogP contribution in [0.1, 0.15) is 32.3 Å². The number of alkyl halides is 1. The molecule has 0 spiro atoms. The van der Waals surface area contributed by atoms with Crippen LogP contribution < -0.4 is 0 Å². The Morgan fingerprint density at radius 1 is 1.37 bits per heavy atom. The van der Waals surface area contributed by atoms with E-state index in [2.05, 4.69) is 29.8 Å². The molecule has 0 atom stereocenters. The van der Waals surface area contributed by atoms with Gasteiger partial charge in [-0.2, -0.15) is 0 Å². The van der Waals surface area contributed by atoms with E-state index in [-0.39, 0.29) is 5.91 Å². The molecular weight excluding hydrogens is 326 g/mol. The second kappa shape index (κ2) is 8.60. The van der Waals surface area contributed by atoms with Crippen LogP contribution in [0.2, 0.25) is 5.02 Å². The van der Waals surface area contributed by atoms with Crippen LogP contribution in [0.25, 0.3) is 0 Å². The maximum atomic E-state index is 12.4. The van der Waals surface area contributed by atoms with Crippen molar-refractivity contribution in [3.63, 3.8) is 0 Å².